The maximum absolute atomic E-state index is 11.7. The number of halogens is 1. The number of nitrogen functional groups attached to an aromatic ring is 1. The fraction of sp³-hybridized carbons (Fsp3) is 0.167. The van der Waals surface area contributed by atoms with Crippen molar-refractivity contribution < 1.29 is 4.79 Å². The molecule has 0 saturated carbocycles. The molecule has 0 aliphatic heterocycles. The molecule has 1 aromatic heterocycles. The Hall–Kier alpha value is -2.01. The van der Waals surface area contributed by atoms with E-state index in [0.29, 0.717) is 22.1 Å². The third kappa shape index (κ3) is 2.31. The first-order valence-electron chi connectivity index (χ1n) is 5.32. The molecule has 0 aliphatic carbocycles. The number of aromatic nitrogens is 2. The molecule has 0 bridgehead atoms. The molecule has 94 valence electrons. The quantitative estimate of drug-likeness (QED) is 0.842. The number of anilines is 1. The maximum Gasteiger partial charge on any atom is 0.273 e. The number of benzene rings is 1. The monoisotopic (exact) mass is 264 g/mol. The van der Waals surface area contributed by atoms with E-state index < -0.39 is 0 Å². The predicted molar refractivity (Wildman–Crippen MR) is 71.0 cm³/mol. The zero-order chi connectivity index (χ0) is 13.3. The number of nitrogens with two attached hydrogens (primary N) is 1. The van der Waals surface area contributed by atoms with Gasteiger partial charge in [-0.25, -0.2) is 4.68 Å². The number of amides is 1. The van der Waals surface area contributed by atoms with E-state index in [2.05, 4.69) is 5.10 Å². The van der Waals surface area contributed by atoms with E-state index in [1.54, 1.807) is 44.6 Å². The standard InChI is InChI=1S/C12H13ClN4O/c1-16(2)12(18)10-5-6-17(15-10)11-7-8(13)3-4-9(11)14/h3-7H,14H2,1-2H3. The molecule has 0 saturated heterocycles. The fourth-order valence-electron chi connectivity index (χ4n) is 1.52. The first kappa shape index (κ1) is 12.4. The van der Waals surface area contributed by atoms with E-state index in [1.807, 2.05) is 0 Å². The lowest BCUT2D eigenvalue weighted by Crippen LogP contribution is -2.22. The topological polar surface area (TPSA) is 64.2 Å². The molecule has 18 heavy (non-hydrogen) atoms. The molecule has 2 rings (SSSR count). The van der Waals surface area contributed by atoms with Crippen molar-refractivity contribution in [3.05, 3.63) is 41.2 Å². The summed E-state index contributed by atoms with van der Waals surface area (Å²) in [7, 11) is 3.35. The highest BCUT2D eigenvalue weighted by Gasteiger charge is 2.13. The molecule has 0 radical (unpaired) electrons. The number of carbonyl (C=O) groups is 1. The van der Waals surface area contributed by atoms with Crippen LogP contribution in [-0.2, 0) is 0 Å². The second-order valence-electron chi connectivity index (χ2n) is 4.05. The van der Waals surface area contributed by atoms with Crippen LogP contribution in [-0.4, -0.2) is 34.7 Å². The number of hydrogen-bond donors (Lipinski definition) is 1. The Balaban J connectivity index is 2.41. The molecule has 1 heterocycles. The SMILES string of the molecule is CN(C)C(=O)c1ccn(-c2cc(Cl)ccc2N)n1. The molecule has 0 spiro atoms. The Morgan fingerprint density at radius 1 is 1.39 bits per heavy atom. The van der Waals surface area contributed by atoms with Crippen molar-refractivity contribution in [2.75, 3.05) is 19.8 Å². The van der Waals surface area contributed by atoms with E-state index in [9.17, 15) is 4.79 Å². The minimum atomic E-state index is -0.158. The second-order valence-corrected chi connectivity index (χ2v) is 4.48. The second kappa shape index (κ2) is 4.70. The molecule has 0 fully saturated rings. The van der Waals surface area contributed by atoms with Crippen molar-refractivity contribution in [1.82, 2.24) is 14.7 Å². The van der Waals surface area contributed by atoms with Crippen molar-refractivity contribution in [3.63, 3.8) is 0 Å². The summed E-state index contributed by atoms with van der Waals surface area (Å²) in [5.74, 6) is -0.158. The van der Waals surface area contributed by atoms with Gasteiger partial charge in [0.2, 0.25) is 0 Å². The maximum atomic E-state index is 11.7. The van der Waals surface area contributed by atoms with Crippen LogP contribution < -0.4 is 5.73 Å². The van der Waals surface area contributed by atoms with E-state index >= 15 is 0 Å². The minimum Gasteiger partial charge on any atom is -0.397 e. The van der Waals surface area contributed by atoms with Crippen LogP contribution in [0.25, 0.3) is 5.69 Å². The zero-order valence-corrected chi connectivity index (χ0v) is 10.8. The summed E-state index contributed by atoms with van der Waals surface area (Å²) in [5, 5.41) is 4.76. The lowest BCUT2D eigenvalue weighted by molar-refractivity contribution is 0.0821. The highest BCUT2D eigenvalue weighted by atomic mass is 35.5. The van der Waals surface area contributed by atoms with Crippen molar-refractivity contribution in [2.24, 2.45) is 0 Å². The van der Waals surface area contributed by atoms with E-state index in [0.717, 1.165) is 0 Å². The van der Waals surface area contributed by atoms with Crippen LogP contribution in [0.4, 0.5) is 5.69 Å². The number of nitrogens with zero attached hydrogens (tertiary/aromatic N) is 3. The summed E-state index contributed by atoms with van der Waals surface area (Å²) >= 11 is 5.91. The molecule has 1 aromatic carbocycles. The lowest BCUT2D eigenvalue weighted by Gasteiger charge is -2.08. The summed E-state index contributed by atoms with van der Waals surface area (Å²) in [6.07, 6.45) is 1.68. The van der Waals surface area contributed by atoms with Gasteiger partial charge in [-0.05, 0) is 24.3 Å². The van der Waals surface area contributed by atoms with Gasteiger partial charge in [-0.2, -0.15) is 5.10 Å². The zero-order valence-electron chi connectivity index (χ0n) is 10.1. The summed E-state index contributed by atoms with van der Waals surface area (Å²) < 4.78 is 1.54. The molecule has 2 aromatic rings. The van der Waals surface area contributed by atoms with Crippen LogP contribution in [0.1, 0.15) is 10.5 Å². The van der Waals surface area contributed by atoms with Gasteiger partial charge >= 0.3 is 0 Å². The van der Waals surface area contributed by atoms with Crippen LogP contribution in [0.5, 0.6) is 0 Å². The summed E-state index contributed by atoms with van der Waals surface area (Å²) in [4.78, 5) is 13.2. The Kier molecular flexibility index (Phi) is 3.25. The van der Waals surface area contributed by atoms with E-state index in [-0.39, 0.29) is 5.91 Å². The Labute approximate surface area is 110 Å². The van der Waals surface area contributed by atoms with Crippen LogP contribution >= 0.6 is 11.6 Å². The van der Waals surface area contributed by atoms with Crippen molar-refractivity contribution in [3.8, 4) is 5.69 Å². The van der Waals surface area contributed by atoms with Crippen LogP contribution in [0.15, 0.2) is 30.5 Å². The number of rotatable bonds is 2. The molecule has 5 nitrogen and oxygen atoms in total. The number of carbonyl (C=O) groups excluding carboxylic acids is 1. The molecular formula is C12H13ClN4O. The molecular weight excluding hydrogens is 252 g/mol. The Morgan fingerprint density at radius 3 is 2.78 bits per heavy atom. The van der Waals surface area contributed by atoms with E-state index in [1.165, 1.54) is 9.58 Å². The third-order valence-corrected chi connectivity index (χ3v) is 2.69. The smallest absolute Gasteiger partial charge is 0.273 e. The minimum absolute atomic E-state index is 0.158. The van der Waals surface area contributed by atoms with Crippen LogP contribution in [0.2, 0.25) is 5.02 Å². The van der Waals surface area contributed by atoms with E-state index in [4.69, 9.17) is 17.3 Å². The Morgan fingerprint density at radius 2 is 2.11 bits per heavy atom. The van der Waals surface area contributed by atoms with Crippen molar-refractivity contribution in [2.45, 2.75) is 0 Å². The molecule has 6 heteroatoms. The fourth-order valence-corrected chi connectivity index (χ4v) is 1.68. The van der Waals surface area contributed by atoms with Gasteiger partial charge in [0.1, 0.15) is 0 Å². The van der Waals surface area contributed by atoms with Crippen LogP contribution in [0.3, 0.4) is 0 Å². The van der Waals surface area contributed by atoms with Gasteiger partial charge in [0.15, 0.2) is 5.69 Å². The summed E-state index contributed by atoms with van der Waals surface area (Å²) in [5.41, 5.74) is 7.41. The lowest BCUT2D eigenvalue weighted by atomic mass is 10.3. The highest BCUT2D eigenvalue weighted by molar-refractivity contribution is 6.30. The first-order chi connectivity index (χ1) is 8.49. The molecule has 2 N–H and O–H groups in total. The molecule has 0 aliphatic rings. The van der Waals surface area contributed by atoms with Crippen molar-refractivity contribution in [1.29, 1.82) is 0 Å². The van der Waals surface area contributed by atoms with Gasteiger partial charge in [0, 0.05) is 25.3 Å². The normalized spacial score (nSPS) is 10.4. The molecule has 1 amide bonds. The summed E-state index contributed by atoms with van der Waals surface area (Å²) in [6.45, 7) is 0. The van der Waals surface area contributed by atoms with Crippen molar-refractivity contribution >= 4 is 23.2 Å². The largest absolute Gasteiger partial charge is 0.397 e. The van der Waals surface area contributed by atoms with Gasteiger partial charge in [0.05, 0.1) is 11.4 Å². The third-order valence-electron chi connectivity index (χ3n) is 2.45. The average Bonchev–Trinajstić information content (AvgIpc) is 2.80. The van der Waals surface area contributed by atoms with Gasteiger partial charge < -0.3 is 10.6 Å². The number of hydrogen-bond acceptors (Lipinski definition) is 3. The van der Waals surface area contributed by atoms with Gasteiger partial charge in [-0.15, -0.1) is 0 Å². The average molecular weight is 265 g/mol. The first-order valence-corrected chi connectivity index (χ1v) is 5.69. The van der Waals surface area contributed by atoms with Gasteiger partial charge in [-0.3, -0.25) is 4.79 Å². The van der Waals surface area contributed by atoms with Crippen LogP contribution in [0, 0.1) is 0 Å². The van der Waals surface area contributed by atoms with Gasteiger partial charge in [-0.1, -0.05) is 11.6 Å². The molecule has 0 atom stereocenters. The van der Waals surface area contributed by atoms with Gasteiger partial charge in [0.25, 0.3) is 5.91 Å². The predicted octanol–water partition coefficient (Wildman–Crippen LogP) is 1.81. The molecule has 0 unspecified atom stereocenters. The summed E-state index contributed by atoms with van der Waals surface area (Å²) in [6, 6.07) is 6.75. The Bertz CT molecular complexity index is 592. The highest BCUT2D eigenvalue weighted by Crippen LogP contribution is 2.21.